The Morgan fingerprint density at radius 2 is 2.00 bits per heavy atom. The number of benzene rings is 1. The van der Waals surface area contributed by atoms with E-state index in [-0.39, 0.29) is 12.1 Å². The van der Waals surface area contributed by atoms with Crippen molar-refractivity contribution in [3.05, 3.63) is 35.4 Å². The minimum atomic E-state index is -1.06. The average Bonchev–Trinajstić information content (AvgIpc) is 2.41. The van der Waals surface area contributed by atoms with Crippen LogP contribution in [0.15, 0.2) is 18.2 Å². The van der Waals surface area contributed by atoms with Crippen LogP contribution in [0.3, 0.4) is 0 Å². The fraction of sp³-hybridized carbons (Fsp3) is 0.429. The van der Waals surface area contributed by atoms with Crippen molar-refractivity contribution in [3.63, 3.8) is 0 Å². The predicted molar refractivity (Wildman–Crippen MR) is 68.8 cm³/mol. The molecule has 1 aromatic carbocycles. The Labute approximate surface area is 115 Å². The summed E-state index contributed by atoms with van der Waals surface area (Å²) in [6, 6.07) is 3.02. The first kappa shape index (κ1) is 14.4. The van der Waals surface area contributed by atoms with Crippen LogP contribution in [0.25, 0.3) is 0 Å². The minimum Gasteiger partial charge on any atom is -0.369 e. The molecule has 0 bridgehead atoms. The lowest BCUT2D eigenvalue weighted by atomic mass is 9.81. The molecule has 0 spiro atoms. The van der Waals surface area contributed by atoms with E-state index in [1.165, 1.54) is 11.0 Å². The average molecular weight is 282 g/mol. The van der Waals surface area contributed by atoms with Crippen LogP contribution < -0.4 is 5.73 Å². The predicted octanol–water partition coefficient (Wildman–Crippen LogP) is 1.69. The highest BCUT2D eigenvalue weighted by atomic mass is 19.2. The maximum absolute atomic E-state index is 13.2. The molecule has 1 unspecified atom stereocenters. The number of carbonyl (C=O) groups excluding carboxylic acids is 2. The van der Waals surface area contributed by atoms with Gasteiger partial charge >= 0.3 is 0 Å². The van der Waals surface area contributed by atoms with Crippen molar-refractivity contribution in [2.45, 2.75) is 19.8 Å². The fourth-order valence-electron chi connectivity index (χ4n) is 2.43. The van der Waals surface area contributed by atoms with Gasteiger partial charge in [0.1, 0.15) is 0 Å². The van der Waals surface area contributed by atoms with Gasteiger partial charge in [-0.25, -0.2) is 8.78 Å². The number of piperidine rings is 1. The minimum absolute atomic E-state index is 0.0672. The Morgan fingerprint density at radius 1 is 1.30 bits per heavy atom. The van der Waals surface area contributed by atoms with Crippen LogP contribution in [0.4, 0.5) is 8.78 Å². The molecule has 1 heterocycles. The molecule has 0 aliphatic carbocycles. The number of nitrogens with zero attached hydrogens (tertiary/aromatic N) is 1. The van der Waals surface area contributed by atoms with E-state index in [0.717, 1.165) is 12.1 Å². The number of nitrogens with two attached hydrogens (primary N) is 1. The number of amides is 2. The van der Waals surface area contributed by atoms with Crippen molar-refractivity contribution >= 4 is 11.8 Å². The van der Waals surface area contributed by atoms with Crippen LogP contribution in [0.5, 0.6) is 0 Å². The summed E-state index contributed by atoms with van der Waals surface area (Å²) in [6.45, 7) is 2.38. The van der Waals surface area contributed by atoms with E-state index < -0.39 is 28.9 Å². The number of carbonyl (C=O) groups is 2. The van der Waals surface area contributed by atoms with Gasteiger partial charge < -0.3 is 10.6 Å². The van der Waals surface area contributed by atoms with Gasteiger partial charge in [0.25, 0.3) is 5.91 Å². The molecule has 2 rings (SSSR count). The van der Waals surface area contributed by atoms with E-state index in [1.807, 2.05) is 0 Å². The molecule has 1 saturated heterocycles. The van der Waals surface area contributed by atoms with Gasteiger partial charge in [-0.05, 0) is 38.0 Å². The Kier molecular flexibility index (Phi) is 3.74. The summed E-state index contributed by atoms with van der Waals surface area (Å²) in [7, 11) is 0. The normalized spacial score (nSPS) is 22.6. The summed E-state index contributed by atoms with van der Waals surface area (Å²) in [5, 5.41) is 0. The number of hydrogen-bond donors (Lipinski definition) is 1. The summed E-state index contributed by atoms with van der Waals surface area (Å²) in [4.78, 5) is 25.2. The van der Waals surface area contributed by atoms with Crippen molar-refractivity contribution in [3.8, 4) is 0 Å². The van der Waals surface area contributed by atoms with Crippen LogP contribution in [0, 0.1) is 17.0 Å². The second kappa shape index (κ2) is 5.19. The summed E-state index contributed by atoms with van der Waals surface area (Å²) in [5.41, 5.74) is 4.66. The third kappa shape index (κ3) is 2.64. The topological polar surface area (TPSA) is 63.4 Å². The first-order chi connectivity index (χ1) is 9.33. The Bertz CT molecular complexity index is 562. The molecule has 0 radical (unpaired) electrons. The van der Waals surface area contributed by atoms with Gasteiger partial charge in [0.15, 0.2) is 11.6 Å². The first-order valence-corrected chi connectivity index (χ1v) is 6.38. The lowest BCUT2D eigenvalue weighted by Crippen LogP contribution is -2.50. The number of halogens is 2. The maximum Gasteiger partial charge on any atom is 0.253 e. The standard InChI is InChI=1S/C14H16F2N2O2/c1-14(13(17)20)5-2-6-18(8-14)12(19)9-3-4-10(15)11(16)7-9/h3-4,7H,2,5-6,8H2,1H3,(H2,17,20). The van der Waals surface area contributed by atoms with E-state index in [9.17, 15) is 18.4 Å². The van der Waals surface area contributed by atoms with Crippen LogP contribution in [-0.2, 0) is 4.79 Å². The van der Waals surface area contributed by atoms with Crippen molar-refractivity contribution in [1.82, 2.24) is 4.90 Å². The first-order valence-electron chi connectivity index (χ1n) is 6.38. The number of primary amides is 1. The van der Waals surface area contributed by atoms with E-state index in [2.05, 4.69) is 0 Å². The molecule has 4 nitrogen and oxygen atoms in total. The summed E-state index contributed by atoms with van der Waals surface area (Å²) in [5.74, 6) is -2.94. The van der Waals surface area contributed by atoms with Crippen LogP contribution >= 0.6 is 0 Å². The van der Waals surface area contributed by atoms with E-state index in [4.69, 9.17) is 5.73 Å². The lowest BCUT2D eigenvalue weighted by molar-refractivity contribution is -0.129. The fourth-order valence-corrected chi connectivity index (χ4v) is 2.43. The van der Waals surface area contributed by atoms with Gasteiger partial charge in [-0.3, -0.25) is 9.59 Å². The molecule has 2 N–H and O–H groups in total. The molecule has 0 saturated carbocycles. The van der Waals surface area contributed by atoms with Crippen LogP contribution in [0.1, 0.15) is 30.1 Å². The van der Waals surface area contributed by atoms with Crippen molar-refractivity contribution < 1.29 is 18.4 Å². The Balaban J connectivity index is 2.20. The second-order valence-corrected chi connectivity index (χ2v) is 5.38. The summed E-state index contributed by atoms with van der Waals surface area (Å²) >= 11 is 0. The van der Waals surface area contributed by atoms with Crippen molar-refractivity contribution in [1.29, 1.82) is 0 Å². The van der Waals surface area contributed by atoms with Crippen LogP contribution in [0.2, 0.25) is 0 Å². The third-order valence-corrected chi connectivity index (χ3v) is 3.75. The SMILES string of the molecule is CC1(C(N)=O)CCCN(C(=O)c2ccc(F)c(F)c2)C1. The summed E-state index contributed by atoms with van der Waals surface area (Å²) in [6.07, 6.45) is 1.26. The lowest BCUT2D eigenvalue weighted by Gasteiger charge is -2.38. The van der Waals surface area contributed by atoms with E-state index in [1.54, 1.807) is 6.92 Å². The van der Waals surface area contributed by atoms with Gasteiger partial charge in [-0.1, -0.05) is 0 Å². The molecule has 1 aliphatic rings. The van der Waals surface area contributed by atoms with Crippen molar-refractivity contribution in [2.75, 3.05) is 13.1 Å². The van der Waals surface area contributed by atoms with Gasteiger partial charge in [-0.2, -0.15) is 0 Å². The van der Waals surface area contributed by atoms with Gasteiger partial charge in [-0.15, -0.1) is 0 Å². The zero-order chi connectivity index (χ0) is 14.9. The quantitative estimate of drug-likeness (QED) is 0.897. The molecule has 108 valence electrons. The van der Waals surface area contributed by atoms with Gasteiger partial charge in [0, 0.05) is 18.7 Å². The molecule has 0 aromatic heterocycles. The highest BCUT2D eigenvalue weighted by Gasteiger charge is 2.38. The number of likely N-dealkylation sites (tertiary alicyclic amines) is 1. The van der Waals surface area contributed by atoms with Gasteiger partial charge in [0.2, 0.25) is 5.91 Å². The highest BCUT2D eigenvalue weighted by Crippen LogP contribution is 2.29. The zero-order valence-electron chi connectivity index (χ0n) is 11.2. The highest BCUT2D eigenvalue weighted by molar-refractivity contribution is 5.95. The third-order valence-electron chi connectivity index (χ3n) is 3.75. The summed E-state index contributed by atoms with van der Waals surface area (Å²) < 4.78 is 26.0. The molecular formula is C14H16F2N2O2. The molecule has 20 heavy (non-hydrogen) atoms. The number of hydrogen-bond acceptors (Lipinski definition) is 2. The molecule has 6 heteroatoms. The number of rotatable bonds is 2. The van der Waals surface area contributed by atoms with Crippen molar-refractivity contribution in [2.24, 2.45) is 11.1 Å². The molecule has 1 fully saturated rings. The second-order valence-electron chi connectivity index (χ2n) is 5.38. The zero-order valence-corrected chi connectivity index (χ0v) is 11.2. The molecular weight excluding hydrogens is 266 g/mol. The van der Waals surface area contributed by atoms with Crippen LogP contribution in [-0.4, -0.2) is 29.8 Å². The smallest absolute Gasteiger partial charge is 0.253 e. The Hall–Kier alpha value is -1.98. The van der Waals surface area contributed by atoms with Gasteiger partial charge in [0.05, 0.1) is 5.41 Å². The molecule has 1 aromatic rings. The monoisotopic (exact) mass is 282 g/mol. The Morgan fingerprint density at radius 3 is 2.60 bits per heavy atom. The largest absolute Gasteiger partial charge is 0.369 e. The molecule has 2 amide bonds. The molecule has 1 atom stereocenters. The molecule has 1 aliphatic heterocycles. The van der Waals surface area contributed by atoms with E-state index >= 15 is 0 Å². The maximum atomic E-state index is 13.2. The van der Waals surface area contributed by atoms with E-state index in [0.29, 0.717) is 19.4 Å².